The molecule has 1 aliphatic heterocycles. The standard InChI is InChI=1S/C17H20N6S/c1-11-6-18-17(20-11)16-5-15(21-12(2)22-16)13-3-4-23(7-13)8-14-9-24-10-19-14/h5-6,9-10,13H,3-4,7-8H2,1-2H3,(H,18,20)/t13-/m0/s1. The van der Waals surface area contributed by atoms with Crippen LogP contribution in [0.5, 0.6) is 0 Å². The van der Waals surface area contributed by atoms with Gasteiger partial charge in [-0.05, 0) is 32.9 Å². The average Bonchev–Trinajstić information content (AvgIpc) is 3.29. The summed E-state index contributed by atoms with van der Waals surface area (Å²) in [5, 5.41) is 2.12. The molecule has 7 heteroatoms. The van der Waals surface area contributed by atoms with Crippen molar-refractivity contribution in [2.75, 3.05) is 13.1 Å². The Kier molecular flexibility index (Phi) is 4.12. The maximum atomic E-state index is 4.69. The molecule has 3 aromatic heterocycles. The second-order valence-corrected chi connectivity index (χ2v) is 7.06. The van der Waals surface area contributed by atoms with E-state index in [1.807, 2.05) is 25.6 Å². The number of imidazole rings is 1. The average molecular weight is 340 g/mol. The maximum absolute atomic E-state index is 4.69. The molecule has 1 fully saturated rings. The van der Waals surface area contributed by atoms with Gasteiger partial charge >= 0.3 is 0 Å². The Morgan fingerprint density at radius 1 is 1.29 bits per heavy atom. The van der Waals surface area contributed by atoms with Crippen LogP contribution in [0, 0.1) is 13.8 Å². The van der Waals surface area contributed by atoms with Crippen LogP contribution in [0.1, 0.15) is 35.2 Å². The topological polar surface area (TPSA) is 70.6 Å². The monoisotopic (exact) mass is 340 g/mol. The molecular weight excluding hydrogens is 320 g/mol. The molecule has 1 aliphatic rings. The zero-order valence-electron chi connectivity index (χ0n) is 13.9. The van der Waals surface area contributed by atoms with E-state index in [2.05, 4.69) is 41.3 Å². The number of hydrogen-bond acceptors (Lipinski definition) is 6. The maximum Gasteiger partial charge on any atom is 0.156 e. The summed E-state index contributed by atoms with van der Waals surface area (Å²) >= 11 is 1.65. The quantitative estimate of drug-likeness (QED) is 0.791. The van der Waals surface area contributed by atoms with Crippen molar-refractivity contribution in [2.24, 2.45) is 0 Å². The molecule has 24 heavy (non-hydrogen) atoms. The molecule has 4 rings (SSSR count). The van der Waals surface area contributed by atoms with Gasteiger partial charge in [0, 0.05) is 42.0 Å². The van der Waals surface area contributed by atoms with Crippen LogP contribution in [0.15, 0.2) is 23.2 Å². The summed E-state index contributed by atoms with van der Waals surface area (Å²) in [4.78, 5) is 23.7. The third-order valence-electron chi connectivity index (χ3n) is 4.36. The van der Waals surface area contributed by atoms with E-state index in [1.165, 1.54) is 0 Å². The molecule has 0 unspecified atom stereocenters. The van der Waals surface area contributed by atoms with Gasteiger partial charge in [-0.2, -0.15) is 0 Å². The number of aromatic nitrogens is 5. The van der Waals surface area contributed by atoms with Gasteiger partial charge in [0.15, 0.2) is 5.82 Å². The molecule has 1 N–H and O–H groups in total. The van der Waals surface area contributed by atoms with Crippen molar-refractivity contribution in [1.82, 2.24) is 29.8 Å². The molecule has 3 aromatic rings. The number of aromatic amines is 1. The van der Waals surface area contributed by atoms with Gasteiger partial charge in [0.1, 0.15) is 11.5 Å². The molecule has 1 atom stereocenters. The number of aryl methyl sites for hydroxylation is 2. The lowest BCUT2D eigenvalue weighted by Crippen LogP contribution is -2.20. The largest absolute Gasteiger partial charge is 0.341 e. The molecule has 0 radical (unpaired) electrons. The predicted molar refractivity (Wildman–Crippen MR) is 93.8 cm³/mol. The van der Waals surface area contributed by atoms with E-state index >= 15 is 0 Å². The van der Waals surface area contributed by atoms with Crippen molar-refractivity contribution in [2.45, 2.75) is 32.7 Å². The Labute approximate surface area is 145 Å². The Morgan fingerprint density at radius 2 is 2.21 bits per heavy atom. The van der Waals surface area contributed by atoms with Crippen molar-refractivity contribution in [3.8, 4) is 11.5 Å². The fourth-order valence-electron chi connectivity index (χ4n) is 3.23. The highest BCUT2D eigenvalue weighted by molar-refractivity contribution is 7.07. The number of likely N-dealkylation sites (tertiary alicyclic amines) is 1. The Balaban J connectivity index is 1.53. The lowest BCUT2D eigenvalue weighted by molar-refractivity contribution is 0.323. The fourth-order valence-corrected chi connectivity index (χ4v) is 3.78. The fraction of sp³-hybridized carbons (Fsp3) is 0.412. The molecule has 1 saturated heterocycles. The van der Waals surface area contributed by atoms with Crippen molar-refractivity contribution in [3.63, 3.8) is 0 Å². The first-order chi connectivity index (χ1) is 11.7. The predicted octanol–water partition coefficient (Wildman–Crippen LogP) is 2.93. The summed E-state index contributed by atoms with van der Waals surface area (Å²) in [6.07, 6.45) is 2.95. The van der Waals surface area contributed by atoms with Crippen LogP contribution in [0.4, 0.5) is 0 Å². The van der Waals surface area contributed by atoms with Gasteiger partial charge in [-0.1, -0.05) is 0 Å². The molecule has 0 saturated carbocycles. The molecule has 4 heterocycles. The van der Waals surface area contributed by atoms with Gasteiger partial charge < -0.3 is 4.98 Å². The van der Waals surface area contributed by atoms with Gasteiger partial charge in [0.05, 0.1) is 11.2 Å². The lowest BCUT2D eigenvalue weighted by atomic mass is 10.0. The minimum Gasteiger partial charge on any atom is -0.341 e. The summed E-state index contributed by atoms with van der Waals surface area (Å²) in [6, 6.07) is 2.09. The van der Waals surface area contributed by atoms with Crippen LogP contribution in [-0.4, -0.2) is 42.9 Å². The van der Waals surface area contributed by atoms with Gasteiger partial charge in [-0.15, -0.1) is 11.3 Å². The second-order valence-electron chi connectivity index (χ2n) is 6.34. The molecule has 0 amide bonds. The van der Waals surface area contributed by atoms with Gasteiger partial charge in [0.2, 0.25) is 0 Å². The van der Waals surface area contributed by atoms with Gasteiger partial charge in [-0.25, -0.2) is 19.9 Å². The molecule has 0 spiro atoms. The van der Waals surface area contributed by atoms with Crippen LogP contribution in [0.25, 0.3) is 11.5 Å². The lowest BCUT2D eigenvalue weighted by Gasteiger charge is -2.15. The van der Waals surface area contributed by atoms with E-state index in [4.69, 9.17) is 0 Å². The zero-order valence-corrected chi connectivity index (χ0v) is 14.7. The number of rotatable bonds is 4. The van der Waals surface area contributed by atoms with E-state index in [0.29, 0.717) is 5.92 Å². The zero-order chi connectivity index (χ0) is 16.5. The van der Waals surface area contributed by atoms with Crippen molar-refractivity contribution >= 4 is 11.3 Å². The third-order valence-corrected chi connectivity index (χ3v) is 5.00. The first kappa shape index (κ1) is 15.4. The minimum atomic E-state index is 0.445. The van der Waals surface area contributed by atoms with E-state index < -0.39 is 0 Å². The molecule has 0 aliphatic carbocycles. The van der Waals surface area contributed by atoms with E-state index in [-0.39, 0.29) is 0 Å². The molecule has 6 nitrogen and oxygen atoms in total. The van der Waals surface area contributed by atoms with Crippen molar-refractivity contribution in [3.05, 3.63) is 46.1 Å². The van der Waals surface area contributed by atoms with Crippen LogP contribution in [0.3, 0.4) is 0 Å². The number of thiazole rings is 1. The van der Waals surface area contributed by atoms with E-state index in [1.54, 1.807) is 11.3 Å². The van der Waals surface area contributed by atoms with E-state index in [9.17, 15) is 0 Å². The highest BCUT2D eigenvalue weighted by Crippen LogP contribution is 2.28. The van der Waals surface area contributed by atoms with Crippen LogP contribution < -0.4 is 0 Å². The normalized spacial score (nSPS) is 18.3. The summed E-state index contributed by atoms with van der Waals surface area (Å²) in [7, 11) is 0. The minimum absolute atomic E-state index is 0.445. The first-order valence-electron chi connectivity index (χ1n) is 8.14. The SMILES string of the molecule is Cc1nc(-c2ncc(C)[nH]2)cc([C@H]2CCN(Cc3cscn3)C2)n1. The first-order valence-corrected chi connectivity index (χ1v) is 9.08. The molecule has 0 bridgehead atoms. The van der Waals surface area contributed by atoms with Crippen LogP contribution in [0.2, 0.25) is 0 Å². The number of nitrogens with one attached hydrogen (secondary N) is 1. The smallest absolute Gasteiger partial charge is 0.156 e. The molecular formula is C17H20N6S. The Bertz CT molecular complexity index is 825. The highest BCUT2D eigenvalue weighted by Gasteiger charge is 2.26. The summed E-state index contributed by atoms with van der Waals surface area (Å²) in [6.45, 7) is 6.98. The Hall–Kier alpha value is -2.12. The highest BCUT2D eigenvalue weighted by atomic mass is 32.1. The molecule has 124 valence electrons. The number of H-pyrrole nitrogens is 1. The van der Waals surface area contributed by atoms with Gasteiger partial charge in [-0.3, -0.25) is 4.90 Å². The van der Waals surface area contributed by atoms with Gasteiger partial charge in [0.25, 0.3) is 0 Å². The summed E-state index contributed by atoms with van der Waals surface area (Å²) in [5.74, 6) is 2.06. The van der Waals surface area contributed by atoms with Crippen LogP contribution >= 0.6 is 11.3 Å². The molecule has 0 aromatic carbocycles. The number of nitrogens with zero attached hydrogens (tertiary/aromatic N) is 5. The summed E-state index contributed by atoms with van der Waals surface area (Å²) in [5.41, 5.74) is 6.09. The van der Waals surface area contributed by atoms with Crippen LogP contribution in [-0.2, 0) is 6.54 Å². The second kappa shape index (κ2) is 6.41. The van der Waals surface area contributed by atoms with Crippen molar-refractivity contribution < 1.29 is 0 Å². The third kappa shape index (κ3) is 3.22. The van der Waals surface area contributed by atoms with Crippen molar-refractivity contribution in [1.29, 1.82) is 0 Å². The number of hydrogen-bond donors (Lipinski definition) is 1. The van der Waals surface area contributed by atoms with E-state index in [0.717, 1.165) is 60.5 Å². The summed E-state index contributed by atoms with van der Waals surface area (Å²) < 4.78 is 0. The Morgan fingerprint density at radius 3 is 2.96 bits per heavy atom.